The molecule has 0 spiro atoms. The Kier molecular flexibility index (Phi) is 16.9. The van der Waals surface area contributed by atoms with Gasteiger partial charge in [0.25, 0.3) is 0 Å². The number of aliphatic hydroxyl groups is 3. The van der Waals surface area contributed by atoms with Gasteiger partial charge in [-0.05, 0) is 56.9 Å². The average Bonchev–Trinajstić information content (AvgIpc) is 3.05. The molecule has 2 saturated heterocycles. The van der Waals surface area contributed by atoms with E-state index >= 15 is 0 Å². The number of hydrogen-bond acceptors (Lipinski definition) is 9. The topological polar surface area (TPSA) is 132 Å². The largest absolute Gasteiger partial charge is 0.459 e. The summed E-state index contributed by atoms with van der Waals surface area (Å²) in [6, 6.07) is 0. The molecular formula is C40H58O9. The molecule has 0 aromatic carbocycles. The molecule has 0 saturated carbocycles. The summed E-state index contributed by atoms with van der Waals surface area (Å²) in [6.45, 7) is 11.9. The van der Waals surface area contributed by atoms with E-state index in [0.717, 1.165) is 24.0 Å². The molecule has 8 atom stereocenters. The van der Waals surface area contributed by atoms with Crippen molar-refractivity contribution in [1.29, 1.82) is 0 Å². The van der Waals surface area contributed by atoms with Crippen LogP contribution in [-0.4, -0.2) is 83.2 Å². The first-order valence-corrected chi connectivity index (χ1v) is 17.7. The van der Waals surface area contributed by atoms with Crippen molar-refractivity contribution in [1.82, 2.24) is 0 Å². The summed E-state index contributed by atoms with van der Waals surface area (Å²) >= 11 is 0. The second kappa shape index (κ2) is 20.6. The van der Waals surface area contributed by atoms with Crippen LogP contribution in [-0.2, 0) is 28.5 Å². The highest BCUT2D eigenvalue weighted by Crippen LogP contribution is 2.41. The minimum absolute atomic E-state index is 0.0638. The quantitative estimate of drug-likeness (QED) is 0.173. The molecule has 3 aliphatic heterocycles. The lowest BCUT2D eigenvalue weighted by atomic mass is 9.73. The first-order valence-electron chi connectivity index (χ1n) is 17.7. The van der Waals surface area contributed by atoms with E-state index in [0.29, 0.717) is 44.4 Å². The first-order chi connectivity index (χ1) is 23.4. The number of fused-ring (bicyclic) bond motifs is 4. The van der Waals surface area contributed by atoms with Crippen LogP contribution in [0, 0.1) is 11.3 Å². The van der Waals surface area contributed by atoms with E-state index in [4.69, 9.17) is 18.9 Å². The summed E-state index contributed by atoms with van der Waals surface area (Å²) in [7, 11) is 0. The van der Waals surface area contributed by atoms with Crippen LogP contribution in [0.5, 0.6) is 0 Å². The van der Waals surface area contributed by atoms with Gasteiger partial charge in [-0.15, -0.1) is 0 Å². The van der Waals surface area contributed by atoms with Crippen LogP contribution in [0.15, 0.2) is 84.6 Å². The Hall–Kier alpha value is -3.08. The predicted molar refractivity (Wildman–Crippen MR) is 190 cm³/mol. The van der Waals surface area contributed by atoms with Crippen LogP contribution in [0.3, 0.4) is 0 Å². The third-order valence-corrected chi connectivity index (χ3v) is 9.24. The smallest absolute Gasteiger partial charge is 0.335 e. The summed E-state index contributed by atoms with van der Waals surface area (Å²) in [5.74, 6) is -0.696. The van der Waals surface area contributed by atoms with Gasteiger partial charge in [-0.25, -0.2) is 9.59 Å². The Morgan fingerprint density at radius 1 is 1.10 bits per heavy atom. The number of carbonyl (C=O) groups is 2. The molecule has 3 aliphatic rings. The van der Waals surface area contributed by atoms with Crippen LogP contribution in [0.25, 0.3) is 0 Å². The third-order valence-electron chi connectivity index (χ3n) is 9.24. The molecular weight excluding hydrogens is 624 g/mol. The molecule has 3 heterocycles. The molecule has 4 bridgehead atoms. The molecule has 2 fully saturated rings. The fourth-order valence-corrected chi connectivity index (χ4v) is 6.14. The van der Waals surface area contributed by atoms with Crippen molar-refractivity contribution in [2.24, 2.45) is 11.3 Å². The van der Waals surface area contributed by atoms with Gasteiger partial charge < -0.3 is 34.3 Å². The molecule has 272 valence electrons. The summed E-state index contributed by atoms with van der Waals surface area (Å²) in [5.41, 5.74) is 0.960. The Labute approximate surface area is 292 Å². The van der Waals surface area contributed by atoms with Crippen LogP contribution >= 0.6 is 0 Å². The second-order valence-electron chi connectivity index (χ2n) is 14.2. The van der Waals surface area contributed by atoms with Crippen molar-refractivity contribution in [3.05, 3.63) is 84.6 Å². The predicted octanol–water partition coefficient (Wildman–Crippen LogP) is 6.16. The molecule has 0 amide bonds. The number of ether oxygens (including phenoxy) is 4. The number of carbonyl (C=O) groups excluding carboxylic acids is 2. The molecule has 9 heteroatoms. The Balaban J connectivity index is 1.69. The van der Waals surface area contributed by atoms with Gasteiger partial charge in [-0.3, -0.25) is 0 Å². The van der Waals surface area contributed by atoms with Crippen LogP contribution in [0.1, 0.15) is 85.5 Å². The van der Waals surface area contributed by atoms with Crippen molar-refractivity contribution in [3.63, 3.8) is 0 Å². The van der Waals surface area contributed by atoms with E-state index in [2.05, 4.69) is 20.4 Å². The van der Waals surface area contributed by atoms with E-state index in [1.807, 2.05) is 56.4 Å². The van der Waals surface area contributed by atoms with E-state index in [1.54, 1.807) is 18.2 Å². The van der Waals surface area contributed by atoms with E-state index in [1.165, 1.54) is 6.08 Å². The Morgan fingerprint density at radius 3 is 2.65 bits per heavy atom. The van der Waals surface area contributed by atoms with Crippen molar-refractivity contribution >= 4 is 11.9 Å². The highest BCUT2D eigenvalue weighted by molar-refractivity contribution is 5.82. The van der Waals surface area contributed by atoms with Gasteiger partial charge in [0.2, 0.25) is 0 Å². The fraction of sp³-hybridized carbons (Fsp3) is 0.600. The van der Waals surface area contributed by atoms with E-state index in [9.17, 15) is 24.9 Å². The first kappa shape index (κ1) is 40.4. The van der Waals surface area contributed by atoms with E-state index < -0.39 is 41.8 Å². The lowest BCUT2D eigenvalue weighted by Gasteiger charge is -2.47. The normalized spacial score (nSPS) is 34.2. The van der Waals surface area contributed by atoms with Crippen molar-refractivity contribution < 1.29 is 43.9 Å². The average molecular weight is 683 g/mol. The highest BCUT2D eigenvalue weighted by atomic mass is 16.6. The minimum Gasteiger partial charge on any atom is -0.459 e. The Bertz CT molecular complexity index is 1260. The van der Waals surface area contributed by atoms with Crippen molar-refractivity contribution in [3.8, 4) is 0 Å². The molecule has 3 N–H and O–H groups in total. The molecule has 0 aliphatic carbocycles. The summed E-state index contributed by atoms with van der Waals surface area (Å²) in [4.78, 5) is 25.2. The summed E-state index contributed by atoms with van der Waals surface area (Å²) < 4.78 is 23.8. The van der Waals surface area contributed by atoms with Crippen molar-refractivity contribution in [2.75, 3.05) is 13.2 Å². The molecule has 9 nitrogen and oxygen atoms in total. The number of hydrogen-bond donors (Lipinski definition) is 3. The highest BCUT2D eigenvalue weighted by Gasteiger charge is 2.49. The summed E-state index contributed by atoms with van der Waals surface area (Å²) in [5, 5.41) is 31.3. The number of esters is 2. The van der Waals surface area contributed by atoms with Crippen LogP contribution in [0.2, 0.25) is 0 Å². The minimum atomic E-state index is -1.31. The molecule has 0 unspecified atom stereocenters. The molecule has 3 rings (SSSR count). The Morgan fingerprint density at radius 2 is 1.90 bits per heavy atom. The molecule has 0 aromatic rings. The SMILES string of the molecule is C=C(CCC(C)C)COC(=O)[C@H](O)C/C=C\C[C@@H]1O[C@@H]2/C=C/C/C=C/C(C)=C\[C@@H]3C[C@@H](O)C[C@H](C/C=C/C=C/C(=O)O[C@H](C2)[C@@]1(C)CO)O3. The molecule has 49 heavy (non-hydrogen) atoms. The fourth-order valence-electron chi connectivity index (χ4n) is 6.14. The van der Waals surface area contributed by atoms with Crippen LogP contribution < -0.4 is 0 Å². The zero-order valence-electron chi connectivity index (χ0n) is 29.7. The second-order valence-corrected chi connectivity index (χ2v) is 14.2. The maximum absolute atomic E-state index is 12.9. The lowest BCUT2D eigenvalue weighted by molar-refractivity contribution is -0.198. The third kappa shape index (κ3) is 14.0. The van der Waals surface area contributed by atoms with Gasteiger partial charge in [0.15, 0.2) is 6.10 Å². The number of allylic oxidation sites excluding steroid dienone is 6. The van der Waals surface area contributed by atoms with Crippen molar-refractivity contribution in [2.45, 2.75) is 128 Å². The number of aliphatic hydroxyl groups excluding tert-OH is 3. The maximum Gasteiger partial charge on any atom is 0.335 e. The zero-order chi connectivity index (χ0) is 35.8. The lowest BCUT2D eigenvalue weighted by Crippen LogP contribution is -2.55. The van der Waals surface area contributed by atoms with Gasteiger partial charge in [0.1, 0.15) is 12.7 Å². The van der Waals surface area contributed by atoms with Gasteiger partial charge in [-0.2, -0.15) is 0 Å². The van der Waals surface area contributed by atoms with Gasteiger partial charge in [0.05, 0.1) is 42.5 Å². The van der Waals surface area contributed by atoms with Gasteiger partial charge in [-0.1, -0.05) is 93.7 Å². The van der Waals surface area contributed by atoms with Gasteiger partial charge in [0, 0.05) is 25.3 Å². The monoisotopic (exact) mass is 682 g/mol. The van der Waals surface area contributed by atoms with Gasteiger partial charge >= 0.3 is 11.9 Å². The molecule has 0 aromatic heterocycles. The maximum atomic E-state index is 12.9. The van der Waals surface area contributed by atoms with E-state index in [-0.39, 0.29) is 37.9 Å². The molecule has 0 radical (unpaired) electrons. The summed E-state index contributed by atoms with van der Waals surface area (Å²) in [6.07, 6.45) is 21.6. The standard InChI is InChI=1S/C40H58O9/c1-28(2)20-21-30(4)26-46-39(45)35(43)17-12-13-18-36-40(5,27-41)37-25-33(48-36)16-9-6-8-14-29(3)22-34-24-31(42)23-32(47-34)15-10-7-11-19-38(44)49-37/h7-14,16,19,22,28,31-37,41-43H,4,6,15,17-18,20-21,23-27H2,1-3,5H3/b10-7+,13-12-,14-8+,16-9+,19-11+,29-22-/t31-,32-,33+,34+,35+,36-,37+,40-/m0/s1. The zero-order valence-corrected chi connectivity index (χ0v) is 29.7. The number of rotatable bonds is 11. The van der Waals surface area contributed by atoms with Crippen LogP contribution in [0.4, 0.5) is 0 Å².